The molecule has 0 aliphatic rings. The van der Waals surface area contributed by atoms with Crippen LogP contribution in [0.1, 0.15) is 28.7 Å². The summed E-state index contributed by atoms with van der Waals surface area (Å²) < 4.78 is 1.80. The molecule has 1 unspecified atom stereocenters. The highest BCUT2D eigenvalue weighted by molar-refractivity contribution is 5.97. The monoisotopic (exact) mass is 337 g/mol. The highest BCUT2D eigenvalue weighted by Crippen LogP contribution is 2.05. The Morgan fingerprint density at radius 1 is 1.16 bits per heavy atom. The van der Waals surface area contributed by atoms with Crippen LogP contribution in [0.3, 0.4) is 0 Å². The van der Waals surface area contributed by atoms with Gasteiger partial charge in [-0.25, -0.2) is 0 Å². The molecular weight excluding hydrogens is 318 g/mol. The van der Waals surface area contributed by atoms with Crippen molar-refractivity contribution in [3.05, 3.63) is 65.6 Å². The number of benzene rings is 1. The number of carbonyl (C=O) groups is 2. The van der Waals surface area contributed by atoms with Crippen LogP contribution in [0, 0.1) is 6.92 Å². The average molecular weight is 337 g/mol. The fourth-order valence-corrected chi connectivity index (χ4v) is 2.46. The van der Waals surface area contributed by atoms with Gasteiger partial charge >= 0.3 is 0 Å². The first-order valence-corrected chi connectivity index (χ1v) is 7.98. The van der Waals surface area contributed by atoms with Crippen molar-refractivity contribution in [1.82, 2.24) is 25.2 Å². The number of aromatic nitrogens is 3. The van der Waals surface area contributed by atoms with Crippen LogP contribution in [0.25, 0.3) is 5.65 Å². The van der Waals surface area contributed by atoms with Crippen molar-refractivity contribution < 1.29 is 9.59 Å². The van der Waals surface area contributed by atoms with Crippen molar-refractivity contribution in [3.63, 3.8) is 0 Å². The number of pyridine rings is 1. The van der Waals surface area contributed by atoms with E-state index < -0.39 is 6.04 Å². The van der Waals surface area contributed by atoms with E-state index in [4.69, 9.17) is 0 Å². The third-order valence-electron chi connectivity index (χ3n) is 3.83. The zero-order valence-corrected chi connectivity index (χ0v) is 14.1. The number of hydrogen-bond acceptors (Lipinski definition) is 4. The van der Waals surface area contributed by atoms with Crippen LogP contribution >= 0.6 is 0 Å². The molecule has 0 radical (unpaired) electrons. The van der Waals surface area contributed by atoms with E-state index in [2.05, 4.69) is 20.8 Å². The van der Waals surface area contributed by atoms with Gasteiger partial charge in [-0.3, -0.25) is 14.0 Å². The summed E-state index contributed by atoms with van der Waals surface area (Å²) in [5.74, 6) is 0.0640. The summed E-state index contributed by atoms with van der Waals surface area (Å²) in [5.41, 5.74) is 2.24. The number of nitrogens with zero attached hydrogens (tertiary/aromatic N) is 3. The Balaban J connectivity index is 1.58. The molecule has 0 aliphatic heterocycles. The first kappa shape index (κ1) is 16.6. The Kier molecular flexibility index (Phi) is 4.74. The summed E-state index contributed by atoms with van der Waals surface area (Å²) in [4.78, 5) is 24.4. The lowest BCUT2D eigenvalue weighted by Gasteiger charge is -2.14. The molecular formula is C18H19N5O2. The molecule has 0 fully saturated rings. The normalized spacial score (nSPS) is 11.9. The van der Waals surface area contributed by atoms with Gasteiger partial charge in [0.2, 0.25) is 5.91 Å². The average Bonchev–Trinajstić information content (AvgIpc) is 3.02. The van der Waals surface area contributed by atoms with Crippen LogP contribution in [0.2, 0.25) is 0 Å². The lowest BCUT2D eigenvalue weighted by atomic mass is 10.1. The van der Waals surface area contributed by atoms with Crippen molar-refractivity contribution in [2.45, 2.75) is 26.4 Å². The zero-order valence-electron chi connectivity index (χ0n) is 14.1. The molecule has 0 spiro atoms. The summed E-state index contributed by atoms with van der Waals surface area (Å²) in [6, 6.07) is 12.1. The molecule has 1 aromatic carbocycles. The van der Waals surface area contributed by atoms with Crippen molar-refractivity contribution in [3.8, 4) is 0 Å². The molecule has 7 nitrogen and oxygen atoms in total. The van der Waals surface area contributed by atoms with Crippen LogP contribution in [0.15, 0.2) is 48.7 Å². The lowest BCUT2D eigenvalue weighted by molar-refractivity contribution is -0.122. The minimum absolute atomic E-state index is 0.231. The summed E-state index contributed by atoms with van der Waals surface area (Å²) >= 11 is 0. The van der Waals surface area contributed by atoms with Crippen LogP contribution in [0.5, 0.6) is 0 Å². The second kappa shape index (κ2) is 7.12. The van der Waals surface area contributed by atoms with Crippen LogP contribution in [-0.4, -0.2) is 32.5 Å². The van der Waals surface area contributed by atoms with Crippen LogP contribution in [0.4, 0.5) is 0 Å². The molecule has 0 saturated heterocycles. The number of hydrogen-bond donors (Lipinski definition) is 2. The Morgan fingerprint density at radius 3 is 2.80 bits per heavy atom. The van der Waals surface area contributed by atoms with E-state index in [9.17, 15) is 9.59 Å². The van der Waals surface area contributed by atoms with Gasteiger partial charge in [0.25, 0.3) is 5.91 Å². The molecule has 7 heteroatoms. The van der Waals surface area contributed by atoms with Crippen LogP contribution < -0.4 is 10.6 Å². The van der Waals surface area contributed by atoms with E-state index >= 15 is 0 Å². The minimum atomic E-state index is -0.660. The van der Waals surface area contributed by atoms with Gasteiger partial charge in [0.1, 0.15) is 6.04 Å². The first-order chi connectivity index (χ1) is 12.0. The fraction of sp³-hybridized carbons (Fsp3) is 0.222. The van der Waals surface area contributed by atoms with Gasteiger partial charge in [-0.05, 0) is 38.1 Å². The molecule has 3 aromatic rings. The van der Waals surface area contributed by atoms with Gasteiger partial charge in [-0.2, -0.15) is 0 Å². The van der Waals surface area contributed by atoms with Crippen molar-refractivity contribution in [2.24, 2.45) is 0 Å². The highest BCUT2D eigenvalue weighted by Gasteiger charge is 2.17. The molecule has 0 bridgehead atoms. The number of rotatable bonds is 5. The van der Waals surface area contributed by atoms with Gasteiger partial charge in [0.15, 0.2) is 11.5 Å². The maximum absolute atomic E-state index is 12.2. The van der Waals surface area contributed by atoms with Crippen molar-refractivity contribution in [1.29, 1.82) is 0 Å². The molecule has 25 heavy (non-hydrogen) atoms. The van der Waals surface area contributed by atoms with Crippen molar-refractivity contribution in [2.75, 3.05) is 0 Å². The number of fused-ring (bicyclic) bond motifs is 1. The third-order valence-corrected chi connectivity index (χ3v) is 3.83. The quantitative estimate of drug-likeness (QED) is 0.738. The molecule has 0 saturated carbocycles. The summed E-state index contributed by atoms with van der Waals surface area (Å²) in [5, 5.41) is 13.6. The standard InChI is InChI=1S/C18H19N5O2/c1-12-6-5-7-14(10-12)18(25)20-13(2)17(24)19-11-16-22-21-15-8-3-4-9-23(15)16/h3-10,13H,11H2,1-2H3,(H,19,24)(H,20,25). The second-order valence-electron chi connectivity index (χ2n) is 5.83. The van der Waals surface area contributed by atoms with E-state index in [1.165, 1.54) is 0 Å². The lowest BCUT2D eigenvalue weighted by Crippen LogP contribution is -2.44. The molecule has 2 aromatic heterocycles. The van der Waals surface area contributed by atoms with Crippen molar-refractivity contribution >= 4 is 17.5 Å². The van der Waals surface area contributed by atoms with E-state index in [0.717, 1.165) is 5.56 Å². The number of amides is 2. The Morgan fingerprint density at radius 2 is 2.00 bits per heavy atom. The third kappa shape index (κ3) is 3.82. The number of nitrogens with one attached hydrogen (secondary N) is 2. The van der Waals surface area contributed by atoms with Crippen LogP contribution in [-0.2, 0) is 11.3 Å². The predicted octanol–water partition coefficient (Wildman–Crippen LogP) is 1.47. The summed E-state index contributed by atoms with van der Waals surface area (Å²) in [6.45, 7) is 3.79. The van der Waals surface area contributed by atoms with E-state index in [-0.39, 0.29) is 18.4 Å². The SMILES string of the molecule is Cc1cccc(C(=O)NC(C)C(=O)NCc2nnc3ccccn23)c1. The van der Waals surface area contributed by atoms with E-state index in [1.807, 2.05) is 43.5 Å². The van der Waals surface area contributed by atoms with Gasteiger partial charge in [-0.15, -0.1) is 10.2 Å². The van der Waals surface area contributed by atoms with Gasteiger partial charge in [0, 0.05) is 11.8 Å². The molecule has 2 heterocycles. The van der Waals surface area contributed by atoms with E-state index in [0.29, 0.717) is 17.0 Å². The Bertz CT molecular complexity index is 918. The van der Waals surface area contributed by atoms with Gasteiger partial charge < -0.3 is 10.6 Å². The van der Waals surface area contributed by atoms with Gasteiger partial charge in [-0.1, -0.05) is 23.8 Å². The Hall–Kier alpha value is -3.22. The Labute approximate surface area is 145 Å². The largest absolute Gasteiger partial charge is 0.347 e. The minimum Gasteiger partial charge on any atom is -0.347 e. The fourth-order valence-electron chi connectivity index (χ4n) is 2.46. The van der Waals surface area contributed by atoms with Gasteiger partial charge in [0.05, 0.1) is 6.54 Å². The molecule has 2 N–H and O–H groups in total. The summed E-state index contributed by atoms with van der Waals surface area (Å²) in [6.07, 6.45) is 1.83. The molecule has 3 rings (SSSR count). The molecule has 1 atom stereocenters. The maximum atomic E-state index is 12.2. The molecule has 128 valence electrons. The first-order valence-electron chi connectivity index (χ1n) is 7.98. The maximum Gasteiger partial charge on any atom is 0.251 e. The number of aryl methyl sites for hydroxylation is 1. The second-order valence-corrected chi connectivity index (χ2v) is 5.83. The molecule has 2 amide bonds. The summed E-state index contributed by atoms with van der Waals surface area (Å²) in [7, 11) is 0. The topological polar surface area (TPSA) is 88.4 Å². The van der Waals surface area contributed by atoms with E-state index in [1.54, 1.807) is 23.5 Å². The predicted molar refractivity (Wildman–Crippen MR) is 92.9 cm³/mol. The molecule has 0 aliphatic carbocycles. The smallest absolute Gasteiger partial charge is 0.251 e. The zero-order chi connectivity index (χ0) is 17.8. The number of carbonyl (C=O) groups excluding carboxylic acids is 2. The highest BCUT2D eigenvalue weighted by atomic mass is 16.2.